The first-order valence-electron chi connectivity index (χ1n) is 16.9. The molecule has 0 bridgehead atoms. The standard InChI is InChI=1S/C36H55F3O/c1-3-5-7-8-9-29-16-17-31(25-34(29)37)27-13-10-26(11-14-27)12-15-30-20-23-33(36(39)35(30)38)28-18-21-32(22-19-28)40-24-6-4-2/h18,20-21,25-29,31-33H,3-17,19,22-24H2,1-2H3/t26?,27?,28-,29+,31?,32+,33?/m1/s1. The first-order valence-corrected chi connectivity index (χ1v) is 16.9. The summed E-state index contributed by atoms with van der Waals surface area (Å²) in [5, 5.41) is 0. The van der Waals surface area contributed by atoms with Crippen molar-refractivity contribution >= 4 is 0 Å². The van der Waals surface area contributed by atoms with Gasteiger partial charge in [-0.1, -0.05) is 77.0 Å². The molecule has 5 atom stereocenters. The van der Waals surface area contributed by atoms with Crippen molar-refractivity contribution in [3.63, 3.8) is 0 Å². The van der Waals surface area contributed by atoms with Gasteiger partial charge in [-0.3, -0.25) is 0 Å². The molecule has 0 N–H and O–H groups in total. The van der Waals surface area contributed by atoms with E-state index in [4.69, 9.17) is 4.74 Å². The van der Waals surface area contributed by atoms with Crippen LogP contribution in [0.25, 0.3) is 0 Å². The zero-order chi connectivity index (χ0) is 28.3. The number of halogens is 3. The number of rotatable bonds is 14. The van der Waals surface area contributed by atoms with E-state index < -0.39 is 11.7 Å². The number of allylic oxidation sites excluding steroid dienone is 7. The molecule has 0 saturated heterocycles. The summed E-state index contributed by atoms with van der Waals surface area (Å²) < 4.78 is 51.0. The maximum Gasteiger partial charge on any atom is 0.157 e. The van der Waals surface area contributed by atoms with Crippen LogP contribution in [0.2, 0.25) is 0 Å². The van der Waals surface area contributed by atoms with Crippen LogP contribution in [0, 0.1) is 35.5 Å². The summed E-state index contributed by atoms with van der Waals surface area (Å²) >= 11 is 0. The Bertz CT molecular complexity index is 894. The highest BCUT2D eigenvalue weighted by Crippen LogP contribution is 2.45. The Morgan fingerprint density at radius 2 is 1.55 bits per heavy atom. The van der Waals surface area contributed by atoms with Gasteiger partial charge in [0.05, 0.1) is 11.9 Å². The molecule has 0 amide bonds. The second-order valence-corrected chi connectivity index (χ2v) is 13.3. The van der Waals surface area contributed by atoms with E-state index in [-0.39, 0.29) is 29.7 Å². The van der Waals surface area contributed by atoms with Crippen LogP contribution in [-0.2, 0) is 4.74 Å². The monoisotopic (exact) mass is 560 g/mol. The molecule has 0 aromatic rings. The van der Waals surface area contributed by atoms with Crippen LogP contribution in [0.15, 0.2) is 47.4 Å². The lowest BCUT2D eigenvalue weighted by molar-refractivity contribution is 0.0667. The van der Waals surface area contributed by atoms with Gasteiger partial charge in [-0.25, -0.2) is 13.2 Å². The summed E-state index contributed by atoms with van der Waals surface area (Å²) in [6, 6.07) is 0. The van der Waals surface area contributed by atoms with Gasteiger partial charge in [-0.2, -0.15) is 0 Å². The van der Waals surface area contributed by atoms with Crippen LogP contribution in [-0.4, -0.2) is 12.7 Å². The topological polar surface area (TPSA) is 9.23 Å². The van der Waals surface area contributed by atoms with Gasteiger partial charge in [-0.15, -0.1) is 0 Å². The Hall–Kier alpha value is -1.29. The molecular formula is C36H55F3O. The highest BCUT2D eigenvalue weighted by Gasteiger charge is 2.34. The highest BCUT2D eigenvalue weighted by molar-refractivity contribution is 5.33. The van der Waals surface area contributed by atoms with Gasteiger partial charge in [0.2, 0.25) is 0 Å². The van der Waals surface area contributed by atoms with E-state index in [1.807, 2.05) is 12.2 Å². The van der Waals surface area contributed by atoms with Crippen molar-refractivity contribution in [3.05, 3.63) is 47.4 Å². The largest absolute Gasteiger partial charge is 0.374 e. The summed E-state index contributed by atoms with van der Waals surface area (Å²) in [5.41, 5.74) is 0.582. The van der Waals surface area contributed by atoms with E-state index in [2.05, 4.69) is 26.0 Å². The average Bonchev–Trinajstić information content (AvgIpc) is 2.98. The summed E-state index contributed by atoms with van der Waals surface area (Å²) in [7, 11) is 0. The summed E-state index contributed by atoms with van der Waals surface area (Å²) in [4.78, 5) is 0. The van der Waals surface area contributed by atoms with Crippen LogP contribution in [0.4, 0.5) is 13.2 Å². The Kier molecular flexibility index (Phi) is 13.0. The lowest BCUT2D eigenvalue weighted by Crippen LogP contribution is -2.25. The molecule has 1 nitrogen and oxygen atoms in total. The Morgan fingerprint density at radius 3 is 2.25 bits per heavy atom. The van der Waals surface area contributed by atoms with Crippen LogP contribution >= 0.6 is 0 Å². The van der Waals surface area contributed by atoms with Gasteiger partial charge in [-0.05, 0) is 106 Å². The van der Waals surface area contributed by atoms with Crippen LogP contribution in [0.5, 0.6) is 0 Å². The number of hydrogen-bond acceptors (Lipinski definition) is 1. The fourth-order valence-electron chi connectivity index (χ4n) is 7.71. The first kappa shape index (κ1) is 31.6. The van der Waals surface area contributed by atoms with Crippen LogP contribution in [0.1, 0.15) is 129 Å². The first-order chi connectivity index (χ1) is 19.5. The maximum atomic E-state index is 15.2. The lowest BCUT2D eigenvalue weighted by atomic mass is 9.70. The molecule has 4 aliphatic carbocycles. The minimum atomic E-state index is -0.591. The summed E-state index contributed by atoms with van der Waals surface area (Å²) in [6.45, 7) is 5.14. The van der Waals surface area contributed by atoms with Gasteiger partial charge < -0.3 is 4.74 Å². The maximum absolute atomic E-state index is 15.2. The third-order valence-electron chi connectivity index (χ3n) is 10.5. The molecule has 4 aliphatic rings. The molecule has 4 heteroatoms. The fraction of sp³-hybridized carbons (Fsp3) is 0.778. The van der Waals surface area contributed by atoms with E-state index in [0.717, 1.165) is 90.1 Å². The molecule has 0 aromatic heterocycles. The molecule has 0 heterocycles. The van der Waals surface area contributed by atoms with Crippen LogP contribution in [0.3, 0.4) is 0 Å². The van der Waals surface area contributed by atoms with Crippen molar-refractivity contribution in [2.45, 2.75) is 136 Å². The van der Waals surface area contributed by atoms with E-state index in [1.165, 1.54) is 19.3 Å². The van der Waals surface area contributed by atoms with Crippen molar-refractivity contribution in [1.82, 2.24) is 0 Å². The molecule has 40 heavy (non-hydrogen) atoms. The summed E-state index contributed by atoms with van der Waals surface area (Å²) in [6.07, 6.45) is 26.8. The van der Waals surface area contributed by atoms with E-state index in [0.29, 0.717) is 36.2 Å². The number of hydrogen-bond donors (Lipinski definition) is 0. The highest BCUT2D eigenvalue weighted by atomic mass is 19.2. The lowest BCUT2D eigenvalue weighted by Gasteiger charge is -2.36. The third-order valence-corrected chi connectivity index (χ3v) is 10.5. The zero-order valence-electron chi connectivity index (χ0n) is 25.3. The molecule has 0 aromatic carbocycles. The van der Waals surface area contributed by atoms with Crippen molar-refractivity contribution in [3.8, 4) is 0 Å². The number of unbranched alkanes of at least 4 members (excludes halogenated alkanes) is 4. The fourth-order valence-corrected chi connectivity index (χ4v) is 7.71. The zero-order valence-corrected chi connectivity index (χ0v) is 25.3. The Balaban J connectivity index is 1.18. The molecule has 226 valence electrons. The molecule has 0 spiro atoms. The molecular weight excluding hydrogens is 505 g/mol. The second-order valence-electron chi connectivity index (χ2n) is 13.3. The molecule has 0 aliphatic heterocycles. The molecule has 4 rings (SSSR count). The van der Waals surface area contributed by atoms with Gasteiger partial charge in [0.25, 0.3) is 0 Å². The average molecular weight is 561 g/mol. The number of ether oxygens (including phenoxy) is 1. The van der Waals surface area contributed by atoms with Gasteiger partial charge in [0, 0.05) is 18.4 Å². The van der Waals surface area contributed by atoms with E-state index in [9.17, 15) is 4.39 Å². The quantitative estimate of drug-likeness (QED) is 0.152. The predicted octanol–water partition coefficient (Wildman–Crippen LogP) is 11.7. The smallest absolute Gasteiger partial charge is 0.157 e. The van der Waals surface area contributed by atoms with Crippen molar-refractivity contribution in [1.29, 1.82) is 0 Å². The molecule has 1 saturated carbocycles. The predicted molar refractivity (Wildman–Crippen MR) is 161 cm³/mol. The minimum absolute atomic E-state index is 0.0554. The van der Waals surface area contributed by atoms with E-state index in [1.54, 1.807) is 0 Å². The van der Waals surface area contributed by atoms with Crippen molar-refractivity contribution in [2.75, 3.05) is 6.61 Å². The van der Waals surface area contributed by atoms with Gasteiger partial charge >= 0.3 is 0 Å². The van der Waals surface area contributed by atoms with Gasteiger partial charge in [0.1, 0.15) is 5.83 Å². The van der Waals surface area contributed by atoms with E-state index >= 15 is 8.78 Å². The van der Waals surface area contributed by atoms with Crippen molar-refractivity contribution in [2.24, 2.45) is 35.5 Å². The molecule has 2 unspecified atom stereocenters. The van der Waals surface area contributed by atoms with Crippen LogP contribution < -0.4 is 0 Å². The van der Waals surface area contributed by atoms with Gasteiger partial charge in [0.15, 0.2) is 5.83 Å². The Labute approximate surface area is 242 Å². The van der Waals surface area contributed by atoms with Crippen molar-refractivity contribution < 1.29 is 17.9 Å². The molecule has 0 radical (unpaired) electrons. The molecule has 1 fully saturated rings. The Morgan fingerprint density at radius 1 is 0.775 bits per heavy atom. The SMILES string of the molecule is CCCCCC[C@H]1CCC(C2CCC(CCC3=CCC([C@@H]4C=C[C@H](OCCCC)CC4)C(F)=C3F)CC2)C=C1F. The third kappa shape index (κ3) is 8.85. The second kappa shape index (κ2) is 16.4. The normalized spacial score (nSPS) is 33.2. The summed E-state index contributed by atoms with van der Waals surface area (Å²) in [5.74, 6) is 0.437. The minimum Gasteiger partial charge on any atom is -0.374 e.